The van der Waals surface area contributed by atoms with Gasteiger partial charge in [-0.25, -0.2) is 4.79 Å². The molecule has 124 valence electrons. The molecular formula is C19H20N2O3. The molecule has 0 radical (unpaired) electrons. The lowest BCUT2D eigenvalue weighted by Crippen LogP contribution is -2.49. The van der Waals surface area contributed by atoms with E-state index in [4.69, 9.17) is 5.11 Å². The fourth-order valence-electron chi connectivity index (χ4n) is 3.01. The summed E-state index contributed by atoms with van der Waals surface area (Å²) in [4.78, 5) is 27.6. The largest absolute Gasteiger partial charge is 0.478 e. The number of amides is 1. The van der Waals surface area contributed by atoms with E-state index < -0.39 is 5.97 Å². The first-order chi connectivity index (χ1) is 11.6. The number of para-hydroxylation sites is 1. The third-order valence-electron chi connectivity index (χ3n) is 4.40. The molecule has 0 unspecified atom stereocenters. The first-order valence-corrected chi connectivity index (χ1v) is 7.99. The number of carboxylic acids is 1. The Morgan fingerprint density at radius 2 is 1.46 bits per heavy atom. The topological polar surface area (TPSA) is 60.9 Å². The molecule has 0 bridgehead atoms. The number of anilines is 1. The highest BCUT2D eigenvalue weighted by atomic mass is 16.4. The number of carbonyl (C=O) groups excluding carboxylic acids is 1. The lowest BCUT2D eigenvalue weighted by molar-refractivity contribution is 0.0693. The summed E-state index contributed by atoms with van der Waals surface area (Å²) in [5.74, 6) is -1.03. The van der Waals surface area contributed by atoms with Crippen LogP contribution in [0.2, 0.25) is 0 Å². The zero-order valence-corrected chi connectivity index (χ0v) is 13.6. The standard InChI is InChI=1S/C19H20N2O3/c1-14-4-2-3-5-17(14)20-10-12-21(13-11-20)18(22)15-6-8-16(9-7-15)19(23)24/h2-9H,10-13H2,1H3,(H,23,24). The van der Waals surface area contributed by atoms with Crippen molar-refractivity contribution in [2.24, 2.45) is 0 Å². The van der Waals surface area contributed by atoms with Crippen LogP contribution in [0.1, 0.15) is 26.3 Å². The van der Waals surface area contributed by atoms with Gasteiger partial charge in [0, 0.05) is 37.4 Å². The molecule has 1 aliphatic heterocycles. The quantitative estimate of drug-likeness (QED) is 0.943. The van der Waals surface area contributed by atoms with E-state index in [1.807, 2.05) is 17.0 Å². The van der Waals surface area contributed by atoms with Gasteiger partial charge in [-0.05, 0) is 42.8 Å². The van der Waals surface area contributed by atoms with Crippen LogP contribution >= 0.6 is 0 Å². The Morgan fingerprint density at radius 1 is 0.875 bits per heavy atom. The van der Waals surface area contributed by atoms with Crippen LogP contribution in [-0.4, -0.2) is 48.1 Å². The van der Waals surface area contributed by atoms with Crippen LogP contribution in [0.5, 0.6) is 0 Å². The molecule has 1 N–H and O–H groups in total. The van der Waals surface area contributed by atoms with Crippen molar-refractivity contribution >= 4 is 17.6 Å². The summed E-state index contributed by atoms with van der Waals surface area (Å²) in [6.07, 6.45) is 0. The van der Waals surface area contributed by atoms with E-state index in [0.717, 1.165) is 13.1 Å². The Bertz CT molecular complexity index is 747. The third kappa shape index (κ3) is 3.25. The van der Waals surface area contributed by atoms with Crippen molar-refractivity contribution in [1.82, 2.24) is 4.90 Å². The molecule has 3 rings (SSSR count). The Balaban J connectivity index is 1.65. The highest BCUT2D eigenvalue weighted by molar-refractivity contribution is 5.96. The van der Waals surface area contributed by atoms with Crippen molar-refractivity contribution in [3.05, 3.63) is 65.2 Å². The number of rotatable bonds is 3. The maximum absolute atomic E-state index is 12.6. The number of carbonyl (C=O) groups is 2. The van der Waals surface area contributed by atoms with Crippen LogP contribution in [0.25, 0.3) is 0 Å². The normalized spacial score (nSPS) is 14.5. The molecule has 1 amide bonds. The fraction of sp³-hybridized carbons (Fsp3) is 0.263. The molecule has 0 spiro atoms. The highest BCUT2D eigenvalue weighted by Crippen LogP contribution is 2.21. The molecule has 1 saturated heterocycles. The Morgan fingerprint density at radius 3 is 2.04 bits per heavy atom. The van der Waals surface area contributed by atoms with Crippen LogP contribution < -0.4 is 4.90 Å². The number of hydrogen-bond donors (Lipinski definition) is 1. The second kappa shape index (κ2) is 6.74. The van der Waals surface area contributed by atoms with Crippen molar-refractivity contribution in [2.45, 2.75) is 6.92 Å². The fourth-order valence-corrected chi connectivity index (χ4v) is 3.01. The summed E-state index contributed by atoms with van der Waals surface area (Å²) in [5.41, 5.74) is 3.18. The predicted octanol–water partition coefficient (Wildman–Crippen LogP) is 2.66. The van der Waals surface area contributed by atoms with E-state index >= 15 is 0 Å². The van der Waals surface area contributed by atoms with E-state index in [0.29, 0.717) is 18.7 Å². The van der Waals surface area contributed by atoms with Crippen LogP contribution in [-0.2, 0) is 0 Å². The monoisotopic (exact) mass is 324 g/mol. The second-order valence-corrected chi connectivity index (χ2v) is 5.95. The van der Waals surface area contributed by atoms with E-state index in [1.54, 1.807) is 12.1 Å². The molecule has 2 aromatic rings. The van der Waals surface area contributed by atoms with Gasteiger partial charge in [-0.2, -0.15) is 0 Å². The van der Waals surface area contributed by atoms with Gasteiger partial charge in [0.05, 0.1) is 5.56 Å². The zero-order chi connectivity index (χ0) is 17.1. The molecule has 0 atom stereocenters. The van der Waals surface area contributed by atoms with Crippen LogP contribution in [0.15, 0.2) is 48.5 Å². The van der Waals surface area contributed by atoms with Gasteiger partial charge >= 0.3 is 5.97 Å². The van der Waals surface area contributed by atoms with Crippen molar-refractivity contribution in [1.29, 1.82) is 0 Å². The smallest absolute Gasteiger partial charge is 0.335 e. The maximum Gasteiger partial charge on any atom is 0.335 e. The van der Waals surface area contributed by atoms with E-state index in [9.17, 15) is 9.59 Å². The van der Waals surface area contributed by atoms with Crippen LogP contribution in [0.3, 0.4) is 0 Å². The third-order valence-corrected chi connectivity index (χ3v) is 4.40. The average Bonchev–Trinajstić information content (AvgIpc) is 2.62. The minimum atomic E-state index is -0.985. The number of hydrogen-bond acceptors (Lipinski definition) is 3. The summed E-state index contributed by atoms with van der Waals surface area (Å²) in [6.45, 7) is 5.01. The van der Waals surface area contributed by atoms with Gasteiger partial charge in [0.15, 0.2) is 0 Å². The second-order valence-electron chi connectivity index (χ2n) is 5.95. The number of aromatic carboxylic acids is 1. The summed E-state index contributed by atoms with van der Waals surface area (Å²) in [6, 6.07) is 14.4. The van der Waals surface area contributed by atoms with Gasteiger partial charge in [-0.15, -0.1) is 0 Å². The zero-order valence-electron chi connectivity index (χ0n) is 13.6. The van der Waals surface area contributed by atoms with Crippen molar-refractivity contribution < 1.29 is 14.7 Å². The Hall–Kier alpha value is -2.82. The van der Waals surface area contributed by atoms with Gasteiger partial charge in [0.2, 0.25) is 0 Å². The molecule has 0 saturated carbocycles. The lowest BCUT2D eigenvalue weighted by atomic mass is 10.1. The molecule has 1 aliphatic rings. The number of benzene rings is 2. The summed E-state index contributed by atoms with van der Waals surface area (Å²) in [7, 11) is 0. The molecular weight excluding hydrogens is 304 g/mol. The SMILES string of the molecule is Cc1ccccc1N1CCN(C(=O)c2ccc(C(=O)O)cc2)CC1. The van der Waals surface area contributed by atoms with E-state index in [-0.39, 0.29) is 11.5 Å². The van der Waals surface area contributed by atoms with Crippen molar-refractivity contribution in [3.63, 3.8) is 0 Å². The van der Waals surface area contributed by atoms with Gasteiger partial charge in [0.25, 0.3) is 5.91 Å². The number of nitrogens with zero attached hydrogens (tertiary/aromatic N) is 2. The molecule has 5 nitrogen and oxygen atoms in total. The van der Waals surface area contributed by atoms with E-state index in [1.165, 1.54) is 23.4 Å². The number of aryl methyl sites for hydroxylation is 1. The highest BCUT2D eigenvalue weighted by Gasteiger charge is 2.23. The molecule has 24 heavy (non-hydrogen) atoms. The maximum atomic E-state index is 12.6. The minimum Gasteiger partial charge on any atom is -0.478 e. The first-order valence-electron chi connectivity index (χ1n) is 7.99. The summed E-state index contributed by atoms with van der Waals surface area (Å²) < 4.78 is 0. The van der Waals surface area contributed by atoms with Gasteiger partial charge in [0.1, 0.15) is 0 Å². The van der Waals surface area contributed by atoms with Gasteiger partial charge in [-0.1, -0.05) is 18.2 Å². The molecule has 1 heterocycles. The Kier molecular flexibility index (Phi) is 4.51. The number of carboxylic acid groups (broad SMARTS) is 1. The van der Waals surface area contributed by atoms with Gasteiger partial charge in [-0.3, -0.25) is 4.79 Å². The first kappa shape index (κ1) is 16.1. The summed E-state index contributed by atoms with van der Waals surface area (Å²) in [5, 5.41) is 8.92. The lowest BCUT2D eigenvalue weighted by Gasteiger charge is -2.36. The summed E-state index contributed by atoms with van der Waals surface area (Å²) >= 11 is 0. The number of piperazine rings is 1. The predicted molar refractivity (Wildman–Crippen MR) is 92.7 cm³/mol. The average molecular weight is 324 g/mol. The van der Waals surface area contributed by atoms with Gasteiger partial charge < -0.3 is 14.9 Å². The van der Waals surface area contributed by atoms with Crippen LogP contribution in [0, 0.1) is 6.92 Å². The molecule has 0 aromatic heterocycles. The molecule has 5 heteroatoms. The van der Waals surface area contributed by atoms with Crippen molar-refractivity contribution in [3.8, 4) is 0 Å². The van der Waals surface area contributed by atoms with Crippen molar-refractivity contribution in [2.75, 3.05) is 31.1 Å². The molecule has 1 fully saturated rings. The Labute approximate surface area is 141 Å². The molecule has 0 aliphatic carbocycles. The van der Waals surface area contributed by atoms with Crippen LogP contribution in [0.4, 0.5) is 5.69 Å². The molecule has 2 aromatic carbocycles. The minimum absolute atomic E-state index is 0.0450. The van der Waals surface area contributed by atoms with E-state index in [2.05, 4.69) is 24.0 Å².